The van der Waals surface area contributed by atoms with Crippen LogP contribution in [0.25, 0.3) is 0 Å². The molecule has 0 saturated heterocycles. The van der Waals surface area contributed by atoms with Crippen molar-refractivity contribution in [3.8, 4) is 0 Å². The highest BCUT2D eigenvalue weighted by Gasteiger charge is 2.39. The molecule has 1 N–H and O–H groups in total. The van der Waals surface area contributed by atoms with Gasteiger partial charge in [-0.25, -0.2) is 14.5 Å². The van der Waals surface area contributed by atoms with Gasteiger partial charge in [0.05, 0.1) is 30.5 Å². The zero-order chi connectivity index (χ0) is 22.5. The van der Waals surface area contributed by atoms with Crippen LogP contribution in [0.3, 0.4) is 0 Å². The summed E-state index contributed by atoms with van der Waals surface area (Å²) >= 11 is 6.13. The molecule has 1 aliphatic rings. The molecule has 9 heteroatoms. The van der Waals surface area contributed by atoms with Gasteiger partial charge in [-0.2, -0.15) is 0 Å². The molecule has 3 rings (SSSR count). The first-order valence-corrected chi connectivity index (χ1v) is 9.76. The third-order valence-corrected chi connectivity index (χ3v) is 4.73. The number of imide groups is 1. The quantitative estimate of drug-likeness (QED) is 0.517. The summed E-state index contributed by atoms with van der Waals surface area (Å²) in [5.41, 5.74) is 1.08. The van der Waals surface area contributed by atoms with Crippen molar-refractivity contribution < 1.29 is 28.7 Å². The van der Waals surface area contributed by atoms with Gasteiger partial charge in [-0.3, -0.25) is 9.59 Å². The summed E-state index contributed by atoms with van der Waals surface area (Å²) in [4.78, 5) is 50.0. The number of carbonyl (C=O) groups is 4. The van der Waals surface area contributed by atoms with Crippen LogP contribution in [0.5, 0.6) is 0 Å². The zero-order valence-electron chi connectivity index (χ0n) is 16.8. The van der Waals surface area contributed by atoms with Crippen molar-refractivity contribution in [2.24, 2.45) is 0 Å². The minimum Gasteiger partial charge on any atom is -0.465 e. The van der Waals surface area contributed by atoms with Gasteiger partial charge in [0, 0.05) is 5.69 Å². The van der Waals surface area contributed by atoms with Crippen LogP contribution >= 0.6 is 11.6 Å². The van der Waals surface area contributed by atoms with Gasteiger partial charge in [-0.05, 0) is 48.9 Å². The Morgan fingerprint density at radius 2 is 1.71 bits per heavy atom. The number of ether oxygens (including phenoxy) is 2. The van der Waals surface area contributed by atoms with Gasteiger partial charge >= 0.3 is 11.9 Å². The zero-order valence-corrected chi connectivity index (χ0v) is 17.6. The van der Waals surface area contributed by atoms with Crippen LogP contribution in [0.4, 0.5) is 11.4 Å². The number of anilines is 2. The van der Waals surface area contributed by atoms with E-state index in [-0.39, 0.29) is 22.0 Å². The Balaban J connectivity index is 1.81. The Morgan fingerprint density at radius 3 is 2.35 bits per heavy atom. The van der Waals surface area contributed by atoms with Gasteiger partial charge in [0.25, 0.3) is 11.8 Å². The van der Waals surface area contributed by atoms with E-state index in [1.165, 1.54) is 37.4 Å². The molecular weight excluding hydrogens is 424 g/mol. The maximum Gasteiger partial charge on any atom is 0.338 e. The van der Waals surface area contributed by atoms with Crippen molar-refractivity contribution >= 4 is 46.7 Å². The molecule has 0 aromatic heterocycles. The predicted octanol–water partition coefficient (Wildman–Crippen LogP) is 3.48. The SMILES string of the molecule is CCCOC(=O)c1cccc(NC2=C(Cl)C(=O)N(c3ccc(C(=O)OC)cc3)C2=O)c1. The first kappa shape index (κ1) is 22.0. The number of halogens is 1. The van der Waals surface area contributed by atoms with Gasteiger partial charge < -0.3 is 14.8 Å². The topological polar surface area (TPSA) is 102 Å². The summed E-state index contributed by atoms with van der Waals surface area (Å²) < 4.78 is 9.74. The largest absolute Gasteiger partial charge is 0.465 e. The molecule has 1 aliphatic heterocycles. The number of methoxy groups -OCH3 is 1. The molecule has 0 radical (unpaired) electrons. The molecule has 0 aliphatic carbocycles. The van der Waals surface area contributed by atoms with E-state index in [1.807, 2.05) is 6.92 Å². The molecule has 0 fully saturated rings. The van der Waals surface area contributed by atoms with E-state index < -0.39 is 23.8 Å². The number of amides is 2. The molecule has 31 heavy (non-hydrogen) atoms. The van der Waals surface area contributed by atoms with Crippen molar-refractivity contribution in [1.29, 1.82) is 0 Å². The molecule has 2 aromatic rings. The molecule has 160 valence electrons. The second kappa shape index (κ2) is 9.44. The second-order valence-corrected chi connectivity index (χ2v) is 6.89. The summed E-state index contributed by atoms with van der Waals surface area (Å²) in [7, 11) is 1.25. The second-order valence-electron chi connectivity index (χ2n) is 6.51. The van der Waals surface area contributed by atoms with Crippen LogP contribution in [0.2, 0.25) is 0 Å². The number of benzene rings is 2. The Morgan fingerprint density at radius 1 is 1.00 bits per heavy atom. The normalized spacial score (nSPS) is 13.5. The summed E-state index contributed by atoms with van der Waals surface area (Å²) in [5, 5.41) is 2.52. The minimum absolute atomic E-state index is 0.122. The van der Waals surface area contributed by atoms with Crippen LogP contribution < -0.4 is 10.2 Å². The molecular formula is C22H19ClN2O6. The number of hydrogen-bond acceptors (Lipinski definition) is 7. The average Bonchev–Trinajstić information content (AvgIpc) is 3.00. The third kappa shape index (κ3) is 4.59. The van der Waals surface area contributed by atoms with E-state index in [1.54, 1.807) is 18.2 Å². The molecule has 0 saturated carbocycles. The van der Waals surface area contributed by atoms with Crippen molar-refractivity contribution in [3.05, 3.63) is 70.4 Å². The minimum atomic E-state index is -0.710. The Bertz CT molecular complexity index is 1080. The van der Waals surface area contributed by atoms with Crippen LogP contribution in [-0.2, 0) is 19.1 Å². The fourth-order valence-corrected chi connectivity index (χ4v) is 3.07. The number of nitrogens with one attached hydrogen (secondary N) is 1. The van der Waals surface area contributed by atoms with Crippen LogP contribution in [0, 0.1) is 0 Å². The molecule has 0 spiro atoms. The van der Waals surface area contributed by atoms with E-state index in [9.17, 15) is 19.2 Å². The van der Waals surface area contributed by atoms with Gasteiger partial charge in [-0.15, -0.1) is 0 Å². The third-order valence-electron chi connectivity index (χ3n) is 4.38. The summed E-state index contributed by atoms with van der Waals surface area (Å²) in [6.07, 6.45) is 0.694. The maximum absolute atomic E-state index is 12.9. The lowest BCUT2D eigenvalue weighted by Crippen LogP contribution is -2.32. The number of carbonyl (C=O) groups excluding carboxylic acids is 4. The monoisotopic (exact) mass is 442 g/mol. The first-order chi connectivity index (χ1) is 14.9. The van der Waals surface area contributed by atoms with Crippen molar-refractivity contribution in [2.45, 2.75) is 13.3 Å². The van der Waals surface area contributed by atoms with Crippen molar-refractivity contribution in [1.82, 2.24) is 0 Å². The van der Waals surface area contributed by atoms with Crippen LogP contribution in [0.15, 0.2) is 59.3 Å². The highest BCUT2D eigenvalue weighted by molar-refractivity contribution is 6.53. The Labute approximate surface area is 183 Å². The summed E-state index contributed by atoms with van der Waals surface area (Å²) in [6, 6.07) is 12.1. The molecule has 2 aromatic carbocycles. The predicted molar refractivity (Wildman–Crippen MR) is 114 cm³/mol. The molecule has 0 bridgehead atoms. The van der Waals surface area contributed by atoms with Gasteiger partial charge in [0.15, 0.2) is 0 Å². The van der Waals surface area contributed by atoms with E-state index in [0.29, 0.717) is 24.3 Å². The van der Waals surface area contributed by atoms with Crippen molar-refractivity contribution in [2.75, 3.05) is 23.9 Å². The average molecular weight is 443 g/mol. The fraction of sp³-hybridized carbons (Fsp3) is 0.182. The van der Waals surface area contributed by atoms with Crippen molar-refractivity contribution in [3.63, 3.8) is 0 Å². The highest BCUT2D eigenvalue weighted by Crippen LogP contribution is 2.30. The Kier molecular flexibility index (Phi) is 6.71. The van der Waals surface area contributed by atoms with Crippen LogP contribution in [-0.4, -0.2) is 37.5 Å². The molecule has 2 amide bonds. The fourth-order valence-electron chi connectivity index (χ4n) is 2.86. The van der Waals surface area contributed by atoms with E-state index in [4.69, 9.17) is 16.3 Å². The molecule has 0 unspecified atom stereocenters. The maximum atomic E-state index is 12.9. The van der Waals surface area contributed by atoms with Gasteiger partial charge in [0.2, 0.25) is 0 Å². The van der Waals surface area contributed by atoms with E-state index >= 15 is 0 Å². The number of nitrogens with zero attached hydrogens (tertiary/aromatic N) is 1. The number of hydrogen-bond donors (Lipinski definition) is 1. The molecule has 0 atom stereocenters. The highest BCUT2D eigenvalue weighted by atomic mass is 35.5. The standard InChI is InChI=1S/C22H19ClN2O6/c1-3-11-31-22(29)14-5-4-6-15(12-14)24-18-17(23)19(26)25(20(18)27)16-9-7-13(8-10-16)21(28)30-2/h4-10,12,24H,3,11H2,1-2H3. The van der Waals surface area contributed by atoms with E-state index in [0.717, 1.165) is 4.90 Å². The lowest BCUT2D eigenvalue weighted by atomic mass is 10.2. The smallest absolute Gasteiger partial charge is 0.338 e. The molecule has 8 nitrogen and oxygen atoms in total. The van der Waals surface area contributed by atoms with Gasteiger partial charge in [0.1, 0.15) is 10.7 Å². The van der Waals surface area contributed by atoms with Gasteiger partial charge in [-0.1, -0.05) is 24.6 Å². The summed E-state index contributed by atoms with van der Waals surface area (Å²) in [5.74, 6) is -2.41. The summed E-state index contributed by atoms with van der Waals surface area (Å²) in [6.45, 7) is 2.18. The Hall–Kier alpha value is -3.65. The lowest BCUT2D eigenvalue weighted by molar-refractivity contribution is -0.120. The number of esters is 2. The first-order valence-electron chi connectivity index (χ1n) is 9.38. The lowest BCUT2D eigenvalue weighted by Gasteiger charge is -2.15. The molecule has 1 heterocycles. The van der Waals surface area contributed by atoms with Crippen LogP contribution in [0.1, 0.15) is 34.1 Å². The van der Waals surface area contributed by atoms with E-state index in [2.05, 4.69) is 10.1 Å². The number of rotatable bonds is 7.